The molecule has 0 aliphatic carbocycles. The fourth-order valence-corrected chi connectivity index (χ4v) is 3.72. The van der Waals surface area contributed by atoms with Gasteiger partial charge in [-0.25, -0.2) is 0 Å². The number of rotatable bonds is 8. The third-order valence-corrected chi connectivity index (χ3v) is 5.46. The molecule has 3 rings (SSSR count). The molecule has 8 nitrogen and oxygen atoms in total. The number of carbonyl (C=O) groups excluding carboxylic acids is 3. The third kappa shape index (κ3) is 5.19. The van der Waals surface area contributed by atoms with Crippen molar-refractivity contribution in [3.05, 3.63) is 53.6 Å². The van der Waals surface area contributed by atoms with Gasteiger partial charge in [0.25, 0.3) is 5.91 Å². The molecule has 0 bridgehead atoms. The molecule has 1 aliphatic rings. The summed E-state index contributed by atoms with van der Waals surface area (Å²) in [7, 11) is 3.13. The maximum absolute atomic E-state index is 12.7. The van der Waals surface area contributed by atoms with Crippen LogP contribution in [0.25, 0.3) is 0 Å². The van der Waals surface area contributed by atoms with Gasteiger partial charge in [-0.05, 0) is 42.2 Å². The first-order chi connectivity index (χ1) is 15.3. The summed E-state index contributed by atoms with van der Waals surface area (Å²) in [6, 6.07) is 11.3. The summed E-state index contributed by atoms with van der Waals surface area (Å²) < 4.78 is 10.7. The van der Waals surface area contributed by atoms with Crippen molar-refractivity contribution in [2.24, 2.45) is 5.92 Å². The highest BCUT2D eigenvalue weighted by atomic mass is 16.5. The molecule has 0 fully saturated rings. The monoisotopic (exact) mass is 439 g/mol. The average molecular weight is 440 g/mol. The minimum absolute atomic E-state index is 0.0885. The normalized spacial score (nSPS) is 16.3. The Balaban J connectivity index is 1.65. The lowest BCUT2D eigenvalue weighted by molar-refractivity contribution is -0.122. The van der Waals surface area contributed by atoms with Crippen LogP contribution < -0.4 is 25.4 Å². The Morgan fingerprint density at radius 1 is 1.06 bits per heavy atom. The lowest BCUT2D eigenvalue weighted by Crippen LogP contribution is -2.42. The van der Waals surface area contributed by atoms with E-state index in [1.807, 2.05) is 26.0 Å². The van der Waals surface area contributed by atoms with Gasteiger partial charge >= 0.3 is 0 Å². The van der Waals surface area contributed by atoms with Gasteiger partial charge in [0.2, 0.25) is 11.8 Å². The highest BCUT2D eigenvalue weighted by Crippen LogP contribution is 2.32. The number of benzene rings is 2. The number of fused-ring (bicyclic) bond motifs is 1. The Labute approximate surface area is 187 Å². The van der Waals surface area contributed by atoms with E-state index in [1.54, 1.807) is 44.6 Å². The topological polar surface area (TPSA) is 106 Å². The van der Waals surface area contributed by atoms with Crippen molar-refractivity contribution in [1.82, 2.24) is 10.6 Å². The first-order valence-corrected chi connectivity index (χ1v) is 10.6. The standard InChI is InChI=1S/C24H29N3O5/c1-14(2)22(15-9-11-19(31-3)20(13-15)32-4)27-21(28)12-10-18-24(30)25-17-8-6-5-7-16(17)23(29)26-18/h5-9,11,13-14,18,22H,10,12H2,1-4H3,(H,25,30)(H,26,29)(H,27,28)/t18-,22+/m1/s1. The number of amides is 3. The smallest absolute Gasteiger partial charge is 0.254 e. The van der Waals surface area contributed by atoms with E-state index in [4.69, 9.17) is 9.47 Å². The summed E-state index contributed by atoms with van der Waals surface area (Å²) in [6.07, 6.45) is 0.277. The first-order valence-electron chi connectivity index (χ1n) is 10.6. The van der Waals surface area contributed by atoms with E-state index >= 15 is 0 Å². The summed E-state index contributed by atoms with van der Waals surface area (Å²) in [5.41, 5.74) is 1.76. The number of nitrogens with one attached hydrogen (secondary N) is 3. The van der Waals surface area contributed by atoms with Gasteiger partial charge in [-0.2, -0.15) is 0 Å². The van der Waals surface area contributed by atoms with Gasteiger partial charge < -0.3 is 25.4 Å². The molecule has 1 aliphatic heterocycles. The highest BCUT2D eigenvalue weighted by molar-refractivity contribution is 6.09. The fourth-order valence-electron chi connectivity index (χ4n) is 3.72. The highest BCUT2D eigenvalue weighted by Gasteiger charge is 2.28. The van der Waals surface area contributed by atoms with Crippen molar-refractivity contribution < 1.29 is 23.9 Å². The van der Waals surface area contributed by atoms with Crippen LogP contribution in [0.3, 0.4) is 0 Å². The van der Waals surface area contributed by atoms with E-state index in [2.05, 4.69) is 16.0 Å². The molecule has 2 aromatic carbocycles. The molecule has 1 heterocycles. The van der Waals surface area contributed by atoms with Crippen molar-refractivity contribution in [1.29, 1.82) is 0 Å². The van der Waals surface area contributed by atoms with Gasteiger partial charge in [0.05, 0.1) is 31.5 Å². The molecular formula is C24H29N3O5. The van der Waals surface area contributed by atoms with E-state index in [1.165, 1.54) is 0 Å². The molecule has 0 saturated carbocycles. The van der Waals surface area contributed by atoms with Crippen molar-refractivity contribution >= 4 is 23.4 Å². The van der Waals surface area contributed by atoms with Gasteiger partial charge in [0.1, 0.15) is 6.04 Å². The number of para-hydroxylation sites is 1. The average Bonchev–Trinajstić information content (AvgIpc) is 2.91. The molecule has 3 amide bonds. The Hall–Kier alpha value is -3.55. The maximum Gasteiger partial charge on any atom is 0.254 e. The van der Waals surface area contributed by atoms with E-state index in [-0.39, 0.29) is 42.5 Å². The number of anilines is 1. The van der Waals surface area contributed by atoms with Crippen LogP contribution in [0.5, 0.6) is 11.5 Å². The van der Waals surface area contributed by atoms with Crippen LogP contribution >= 0.6 is 0 Å². The third-order valence-electron chi connectivity index (χ3n) is 5.46. The van der Waals surface area contributed by atoms with Gasteiger partial charge in [0, 0.05) is 6.42 Å². The second kappa shape index (κ2) is 10.2. The summed E-state index contributed by atoms with van der Waals surface area (Å²) in [5.74, 6) is 0.435. The second-order valence-electron chi connectivity index (χ2n) is 8.00. The quantitative estimate of drug-likeness (QED) is 0.586. The van der Waals surface area contributed by atoms with Crippen LogP contribution in [0.15, 0.2) is 42.5 Å². The number of methoxy groups -OCH3 is 2. The van der Waals surface area contributed by atoms with Gasteiger partial charge in [0.15, 0.2) is 11.5 Å². The molecule has 32 heavy (non-hydrogen) atoms. The van der Waals surface area contributed by atoms with Crippen LogP contribution in [0.2, 0.25) is 0 Å². The van der Waals surface area contributed by atoms with Crippen LogP contribution in [0.4, 0.5) is 5.69 Å². The lowest BCUT2D eigenvalue weighted by Gasteiger charge is -2.24. The summed E-state index contributed by atoms with van der Waals surface area (Å²) in [5, 5.41) is 8.51. The molecule has 0 radical (unpaired) electrons. The molecule has 0 unspecified atom stereocenters. The molecule has 3 N–H and O–H groups in total. The second-order valence-corrected chi connectivity index (χ2v) is 8.00. The number of ether oxygens (including phenoxy) is 2. The van der Waals surface area contributed by atoms with Crippen molar-refractivity contribution in [3.8, 4) is 11.5 Å². The SMILES string of the molecule is COc1ccc([C@@H](NC(=O)CC[C@H]2NC(=O)c3ccccc3NC2=O)C(C)C)cc1OC. The molecule has 0 spiro atoms. The molecule has 2 aromatic rings. The van der Waals surface area contributed by atoms with Crippen LogP contribution in [-0.2, 0) is 9.59 Å². The van der Waals surface area contributed by atoms with Crippen molar-refractivity contribution in [2.75, 3.05) is 19.5 Å². The van der Waals surface area contributed by atoms with Crippen LogP contribution in [0, 0.1) is 5.92 Å². The summed E-state index contributed by atoms with van der Waals surface area (Å²) in [6.45, 7) is 4.02. The Morgan fingerprint density at radius 2 is 1.78 bits per heavy atom. The largest absolute Gasteiger partial charge is 0.493 e. The van der Waals surface area contributed by atoms with E-state index in [9.17, 15) is 14.4 Å². The Kier molecular flexibility index (Phi) is 7.35. The molecular weight excluding hydrogens is 410 g/mol. The van der Waals surface area contributed by atoms with E-state index in [0.717, 1.165) is 5.56 Å². The molecule has 170 valence electrons. The Morgan fingerprint density at radius 3 is 2.47 bits per heavy atom. The van der Waals surface area contributed by atoms with Crippen LogP contribution in [-0.4, -0.2) is 38.0 Å². The Bertz CT molecular complexity index is 1000. The van der Waals surface area contributed by atoms with Gasteiger partial charge in [-0.1, -0.05) is 32.0 Å². The summed E-state index contributed by atoms with van der Waals surface area (Å²) >= 11 is 0. The number of hydrogen-bond acceptors (Lipinski definition) is 5. The zero-order valence-electron chi connectivity index (χ0n) is 18.7. The molecule has 0 saturated heterocycles. The van der Waals surface area contributed by atoms with E-state index < -0.39 is 6.04 Å². The number of carbonyl (C=O) groups is 3. The molecule has 8 heteroatoms. The molecule has 0 aromatic heterocycles. The van der Waals surface area contributed by atoms with Crippen molar-refractivity contribution in [2.45, 2.75) is 38.8 Å². The van der Waals surface area contributed by atoms with Crippen molar-refractivity contribution in [3.63, 3.8) is 0 Å². The van der Waals surface area contributed by atoms with Crippen LogP contribution in [0.1, 0.15) is 48.7 Å². The molecule has 2 atom stereocenters. The number of hydrogen-bond donors (Lipinski definition) is 3. The predicted molar refractivity (Wildman–Crippen MR) is 121 cm³/mol. The van der Waals surface area contributed by atoms with Gasteiger partial charge in [-0.3, -0.25) is 14.4 Å². The fraction of sp³-hybridized carbons (Fsp3) is 0.375. The minimum Gasteiger partial charge on any atom is -0.493 e. The zero-order valence-corrected chi connectivity index (χ0v) is 18.7. The van der Waals surface area contributed by atoms with Gasteiger partial charge in [-0.15, -0.1) is 0 Å². The zero-order chi connectivity index (χ0) is 23.3. The summed E-state index contributed by atoms with van der Waals surface area (Å²) in [4.78, 5) is 37.7. The predicted octanol–water partition coefficient (Wildman–Crippen LogP) is 3.05. The minimum atomic E-state index is -0.792. The van der Waals surface area contributed by atoms with E-state index in [0.29, 0.717) is 22.7 Å². The first kappa shape index (κ1) is 23.1. The lowest BCUT2D eigenvalue weighted by atomic mass is 9.95. The maximum atomic E-state index is 12.7.